The molecule has 1 aromatic carbocycles. The van der Waals surface area contributed by atoms with Crippen LogP contribution in [0.2, 0.25) is 0 Å². The van der Waals surface area contributed by atoms with E-state index in [1.807, 2.05) is 32.0 Å². The average Bonchev–Trinajstić information content (AvgIpc) is 2.53. The minimum Gasteiger partial charge on any atom is -0.326 e. The third kappa shape index (κ3) is 3.50. The van der Waals surface area contributed by atoms with Crippen LogP contribution < -0.4 is 4.90 Å². The summed E-state index contributed by atoms with van der Waals surface area (Å²) in [6, 6.07) is 6.43. The molecule has 7 heteroatoms. The highest BCUT2D eigenvalue weighted by atomic mass is 19.1. The molecule has 2 heterocycles. The second kappa shape index (κ2) is 6.58. The number of carbonyl (C=O) groups is 2. The molecule has 2 amide bonds. The van der Waals surface area contributed by atoms with E-state index in [1.54, 1.807) is 4.90 Å². The van der Waals surface area contributed by atoms with Crippen LogP contribution in [0.25, 0.3) is 0 Å². The number of rotatable bonds is 2. The van der Waals surface area contributed by atoms with Crippen LogP contribution >= 0.6 is 0 Å². The van der Waals surface area contributed by atoms with Gasteiger partial charge in [-0.2, -0.15) is 0 Å². The van der Waals surface area contributed by atoms with Crippen molar-refractivity contribution in [3.63, 3.8) is 0 Å². The first-order chi connectivity index (χ1) is 11.8. The summed E-state index contributed by atoms with van der Waals surface area (Å²) in [4.78, 5) is 31.2. The lowest BCUT2D eigenvalue weighted by Gasteiger charge is -2.34. The molecule has 1 fully saturated rings. The summed E-state index contributed by atoms with van der Waals surface area (Å²) >= 11 is 0. The fourth-order valence-electron chi connectivity index (χ4n) is 2.95. The first kappa shape index (κ1) is 17.0. The molecule has 0 aliphatic carbocycles. The fraction of sp³-hybridized carbons (Fsp3) is 0.278. The van der Waals surface area contributed by atoms with E-state index in [0.29, 0.717) is 12.6 Å². The minimum absolute atomic E-state index is 0.176. The Balaban J connectivity index is 1.77. The van der Waals surface area contributed by atoms with Gasteiger partial charge in [0.25, 0.3) is 5.91 Å². The smallest absolute Gasteiger partial charge is 0.276 e. The zero-order valence-corrected chi connectivity index (χ0v) is 13.9. The summed E-state index contributed by atoms with van der Waals surface area (Å²) in [6.07, 6.45) is 0.782. The lowest BCUT2D eigenvalue weighted by Crippen LogP contribution is -2.52. The van der Waals surface area contributed by atoms with E-state index < -0.39 is 23.2 Å². The van der Waals surface area contributed by atoms with E-state index in [-0.39, 0.29) is 19.0 Å². The summed E-state index contributed by atoms with van der Waals surface area (Å²) in [5, 5.41) is 0. The van der Waals surface area contributed by atoms with Gasteiger partial charge in [-0.25, -0.2) is 13.8 Å². The zero-order valence-electron chi connectivity index (χ0n) is 13.9. The van der Waals surface area contributed by atoms with Crippen LogP contribution in [0.5, 0.6) is 0 Å². The molecule has 3 rings (SSSR count). The van der Waals surface area contributed by atoms with Crippen molar-refractivity contribution in [2.45, 2.75) is 13.8 Å². The molecular formula is C18H17F2N3O2. The Kier molecular flexibility index (Phi) is 4.48. The van der Waals surface area contributed by atoms with Gasteiger partial charge in [-0.05, 0) is 37.1 Å². The van der Waals surface area contributed by atoms with E-state index in [1.165, 1.54) is 4.90 Å². The molecule has 1 aliphatic rings. The summed E-state index contributed by atoms with van der Waals surface area (Å²) in [7, 11) is 0. The van der Waals surface area contributed by atoms with Gasteiger partial charge in [-0.3, -0.25) is 9.59 Å². The maximum Gasteiger partial charge on any atom is 0.276 e. The van der Waals surface area contributed by atoms with Crippen LogP contribution in [0.15, 0.2) is 30.5 Å². The molecule has 0 saturated carbocycles. The van der Waals surface area contributed by atoms with Crippen molar-refractivity contribution in [1.29, 1.82) is 0 Å². The van der Waals surface area contributed by atoms with Gasteiger partial charge in [0.2, 0.25) is 5.91 Å². The van der Waals surface area contributed by atoms with Crippen LogP contribution in [0.3, 0.4) is 0 Å². The Bertz CT molecular complexity index is 834. The fourth-order valence-corrected chi connectivity index (χ4v) is 2.95. The molecule has 2 aromatic rings. The number of halogens is 2. The first-order valence-electron chi connectivity index (χ1n) is 7.84. The van der Waals surface area contributed by atoms with Gasteiger partial charge in [0.1, 0.15) is 12.4 Å². The number of anilines is 1. The maximum atomic E-state index is 13.7. The van der Waals surface area contributed by atoms with Gasteiger partial charge in [0, 0.05) is 24.8 Å². The van der Waals surface area contributed by atoms with Crippen molar-refractivity contribution in [3.8, 4) is 0 Å². The van der Waals surface area contributed by atoms with Crippen molar-refractivity contribution < 1.29 is 18.4 Å². The number of hydrogen-bond donors (Lipinski definition) is 0. The largest absolute Gasteiger partial charge is 0.326 e. The highest BCUT2D eigenvalue weighted by Crippen LogP contribution is 2.21. The van der Waals surface area contributed by atoms with Crippen LogP contribution in [-0.4, -0.2) is 41.3 Å². The predicted molar refractivity (Wildman–Crippen MR) is 88.3 cm³/mol. The molecule has 1 aliphatic heterocycles. The molecular weight excluding hydrogens is 328 g/mol. The normalized spacial score (nSPS) is 14.8. The third-order valence-electron chi connectivity index (χ3n) is 4.04. The summed E-state index contributed by atoms with van der Waals surface area (Å²) in [5.41, 5.74) is 2.38. The summed E-state index contributed by atoms with van der Waals surface area (Å²) < 4.78 is 26.7. The quantitative estimate of drug-likeness (QED) is 0.840. The van der Waals surface area contributed by atoms with Crippen molar-refractivity contribution in [1.82, 2.24) is 9.88 Å². The van der Waals surface area contributed by atoms with Gasteiger partial charge in [-0.1, -0.05) is 6.07 Å². The Morgan fingerprint density at radius 1 is 1.08 bits per heavy atom. The number of benzene rings is 1. The van der Waals surface area contributed by atoms with Crippen LogP contribution in [-0.2, 0) is 4.79 Å². The van der Waals surface area contributed by atoms with Gasteiger partial charge in [0.15, 0.2) is 11.5 Å². The highest BCUT2D eigenvalue weighted by molar-refractivity contribution is 6.01. The highest BCUT2D eigenvalue weighted by Gasteiger charge is 2.30. The SMILES string of the molecule is Cc1cc(C)cc(N2CCN(C(=O)c3ncc(F)cc3F)CC2=O)c1. The monoisotopic (exact) mass is 345 g/mol. The van der Waals surface area contributed by atoms with Crippen molar-refractivity contribution in [3.05, 3.63) is 58.9 Å². The molecule has 0 atom stereocenters. The number of carbonyl (C=O) groups excluding carboxylic acids is 2. The number of piperazine rings is 1. The molecule has 5 nitrogen and oxygen atoms in total. The van der Waals surface area contributed by atoms with Crippen molar-refractivity contribution in [2.75, 3.05) is 24.5 Å². The second-order valence-electron chi connectivity index (χ2n) is 6.10. The Morgan fingerprint density at radius 3 is 2.36 bits per heavy atom. The maximum absolute atomic E-state index is 13.7. The molecule has 0 bridgehead atoms. The molecule has 130 valence electrons. The van der Waals surface area contributed by atoms with Gasteiger partial charge in [0.05, 0.1) is 6.20 Å². The van der Waals surface area contributed by atoms with Crippen molar-refractivity contribution >= 4 is 17.5 Å². The topological polar surface area (TPSA) is 53.5 Å². The third-order valence-corrected chi connectivity index (χ3v) is 4.04. The van der Waals surface area contributed by atoms with Gasteiger partial charge < -0.3 is 9.80 Å². The summed E-state index contributed by atoms with van der Waals surface area (Å²) in [5.74, 6) is -2.86. The van der Waals surface area contributed by atoms with E-state index in [2.05, 4.69) is 4.98 Å². The Labute approximate surface area is 143 Å². The summed E-state index contributed by atoms with van der Waals surface area (Å²) in [6.45, 7) is 4.27. The van der Waals surface area contributed by atoms with E-state index in [0.717, 1.165) is 23.0 Å². The molecule has 0 N–H and O–H groups in total. The molecule has 0 unspecified atom stereocenters. The Hall–Kier alpha value is -2.83. The Morgan fingerprint density at radius 2 is 1.76 bits per heavy atom. The van der Waals surface area contributed by atoms with E-state index in [4.69, 9.17) is 0 Å². The van der Waals surface area contributed by atoms with Crippen LogP contribution in [0.1, 0.15) is 21.6 Å². The molecule has 0 radical (unpaired) electrons. The van der Waals surface area contributed by atoms with E-state index in [9.17, 15) is 18.4 Å². The predicted octanol–water partition coefficient (Wildman–Crippen LogP) is 2.47. The zero-order chi connectivity index (χ0) is 18.1. The van der Waals surface area contributed by atoms with Crippen LogP contribution in [0.4, 0.5) is 14.5 Å². The lowest BCUT2D eigenvalue weighted by molar-refractivity contribution is -0.120. The molecule has 1 aromatic heterocycles. The molecule has 25 heavy (non-hydrogen) atoms. The number of nitrogens with zero attached hydrogens (tertiary/aromatic N) is 3. The molecule has 1 saturated heterocycles. The number of aromatic nitrogens is 1. The van der Waals surface area contributed by atoms with E-state index >= 15 is 0 Å². The van der Waals surface area contributed by atoms with Gasteiger partial charge in [-0.15, -0.1) is 0 Å². The lowest BCUT2D eigenvalue weighted by atomic mass is 10.1. The van der Waals surface area contributed by atoms with Crippen molar-refractivity contribution in [2.24, 2.45) is 0 Å². The second-order valence-corrected chi connectivity index (χ2v) is 6.10. The average molecular weight is 345 g/mol. The number of hydrogen-bond acceptors (Lipinski definition) is 3. The number of aryl methyl sites for hydroxylation is 2. The van der Waals surface area contributed by atoms with Crippen LogP contribution in [0, 0.1) is 25.5 Å². The number of pyridine rings is 1. The standard InChI is InChI=1S/C18H17F2N3O2/c1-11-5-12(2)7-14(6-11)23-4-3-22(10-16(23)24)18(25)17-15(20)8-13(19)9-21-17/h5-9H,3-4,10H2,1-2H3. The molecule has 0 spiro atoms. The number of amides is 2. The first-order valence-corrected chi connectivity index (χ1v) is 7.84. The van der Waals surface area contributed by atoms with Gasteiger partial charge >= 0.3 is 0 Å². The minimum atomic E-state index is -1.03.